The second-order valence-electron chi connectivity index (χ2n) is 7.09. The van der Waals surface area contributed by atoms with Crippen LogP contribution in [0.25, 0.3) is 0 Å². The molecule has 9 heteroatoms. The van der Waals surface area contributed by atoms with E-state index < -0.39 is 35.0 Å². The molecule has 0 aliphatic carbocycles. The monoisotopic (exact) mass is 409 g/mol. The number of likely N-dealkylation sites (tertiary alicyclic amines) is 1. The number of methoxy groups -OCH3 is 1. The van der Waals surface area contributed by atoms with Gasteiger partial charge in [0.05, 0.1) is 19.7 Å². The number of thioether (sulfide) groups is 1. The van der Waals surface area contributed by atoms with Gasteiger partial charge in [-0.2, -0.15) is 5.26 Å². The number of amides is 2. The molecule has 1 aliphatic rings. The van der Waals surface area contributed by atoms with Crippen molar-refractivity contribution in [1.82, 2.24) is 10.2 Å². The summed E-state index contributed by atoms with van der Waals surface area (Å²) in [4.78, 5) is 25.4. The number of hydrogen-bond donors (Lipinski definition) is 2. The van der Waals surface area contributed by atoms with Crippen LogP contribution < -0.4 is 10.1 Å². The third kappa shape index (κ3) is 5.29. The van der Waals surface area contributed by atoms with Crippen molar-refractivity contribution in [2.45, 2.75) is 49.0 Å². The molecular weight excluding hydrogens is 385 g/mol. The van der Waals surface area contributed by atoms with E-state index in [1.807, 2.05) is 30.3 Å². The number of rotatable bonds is 7. The lowest BCUT2D eigenvalue weighted by Crippen LogP contribution is -2.58. The molecule has 1 saturated heterocycles. The Morgan fingerprint density at radius 2 is 2.25 bits per heavy atom. The van der Waals surface area contributed by atoms with Crippen LogP contribution in [0.5, 0.6) is 5.75 Å². The zero-order valence-electron chi connectivity index (χ0n) is 16.0. The van der Waals surface area contributed by atoms with Crippen LogP contribution in [0, 0.1) is 11.3 Å². The van der Waals surface area contributed by atoms with Crippen molar-refractivity contribution in [2.75, 3.05) is 13.7 Å². The van der Waals surface area contributed by atoms with E-state index in [4.69, 9.17) is 4.74 Å². The molecule has 3 atom stereocenters. The van der Waals surface area contributed by atoms with Crippen LogP contribution in [-0.2, 0) is 10.5 Å². The van der Waals surface area contributed by atoms with E-state index in [0.29, 0.717) is 11.5 Å². The molecule has 1 aromatic rings. The first-order valence-corrected chi connectivity index (χ1v) is 9.77. The highest BCUT2D eigenvalue weighted by atomic mass is 32.2. The molecule has 1 aromatic carbocycles. The number of carboxylic acid groups (broad SMARTS) is 1. The Morgan fingerprint density at radius 1 is 1.54 bits per heavy atom. The van der Waals surface area contributed by atoms with Crippen molar-refractivity contribution >= 4 is 23.8 Å². The zero-order valence-corrected chi connectivity index (χ0v) is 16.8. The number of benzene rings is 1. The first kappa shape index (κ1) is 21.8. The van der Waals surface area contributed by atoms with Gasteiger partial charge in [0, 0.05) is 16.9 Å². The Hall–Kier alpha value is -2.47. The lowest BCUT2D eigenvalue weighted by molar-refractivity contribution is -0.134. The SMILES string of the molecule is COc1cccc(CSC(C)(C)[C@H](NC(=O)O)C(=O)N2C[C@@H](F)C[C@H]2C#N)c1. The fourth-order valence-corrected chi connectivity index (χ4v) is 4.13. The van der Waals surface area contributed by atoms with Gasteiger partial charge in [0.1, 0.15) is 24.0 Å². The molecule has 0 spiro atoms. The van der Waals surface area contributed by atoms with Gasteiger partial charge in [0.15, 0.2) is 0 Å². The van der Waals surface area contributed by atoms with Crippen LogP contribution in [0.1, 0.15) is 25.8 Å². The van der Waals surface area contributed by atoms with Gasteiger partial charge in [0.25, 0.3) is 0 Å². The molecule has 28 heavy (non-hydrogen) atoms. The number of nitrogens with zero attached hydrogens (tertiary/aromatic N) is 2. The standard InChI is InChI=1S/C19H24FN3O4S/c1-19(2,28-11-12-5-4-6-15(7-12)27-3)16(22-18(25)26)17(24)23-10-13(20)8-14(23)9-21/h4-7,13-14,16,22H,8,10-11H2,1-3H3,(H,25,26)/t13-,14-,16+/m0/s1. The van der Waals surface area contributed by atoms with Crippen LogP contribution in [0.15, 0.2) is 24.3 Å². The van der Waals surface area contributed by atoms with Crippen LogP contribution in [0.2, 0.25) is 0 Å². The molecular formula is C19H24FN3O4S. The molecule has 0 radical (unpaired) electrons. The highest BCUT2D eigenvalue weighted by molar-refractivity contribution is 7.99. The molecule has 1 fully saturated rings. The predicted octanol–water partition coefficient (Wildman–Crippen LogP) is 2.81. The lowest BCUT2D eigenvalue weighted by Gasteiger charge is -2.35. The van der Waals surface area contributed by atoms with Crippen molar-refractivity contribution in [3.05, 3.63) is 29.8 Å². The van der Waals surface area contributed by atoms with E-state index in [1.54, 1.807) is 21.0 Å². The second kappa shape index (κ2) is 9.15. The summed E-state index contributed by atoms with van der Waals surface area (Å²) in [5.41, 5.74) is 0.957. The van der Waals surface area contributed by atoms with Gasteiger partial charge < -0.3 is 20.1 Å². The predicted molar refractivity (Wildman–Crippen MR) is 104 cm³/mol. The maximum Gasteiger partial charge on any atom is 0.405 e. The Kier molecular flexibility index (Phi) is 7.13. The third-order valence-corrected chi connectivity index (χ3v) is 6.09. The number of alkyl halides is 1. The van der Waals surface area contributed by atoms with Crippen LogP contribution in [0.3, 0.4) is 0 Å². The van der Waals surface area contributed by atoms with E-state index in [-0.39, 0.29) is 13.0 Å². The molecule has 1 heterocycles. The van der Waals surface area contributed by atoms with Crippen molar-refractivity contribution in [2.24, 2.45) is 0 Å². The molecule has 0 aromatic heterocycles. The van der Waals surface area contributed by atoms with Gasteiger partial charge >= 0.3 is 6.09 Å². The van der Waals surface area contributed by atoms with Crippen LogP contribution in [0.4, 0.5) is 9.18 Å². The van der Waals surface area contributed by atoms with Gasteiger partial charge in [-0.05, 0) is 31.5 Å². The number of ether oxygens (including phenoxy) is 1. The Morgan fingerprint density at radius 3 is 2.86 bits per heavy atom. The van der Waals surface area contributed by atoms with E-state index in [0.717, 1.165) is 10.5 Å². The summed E-state index contributed by atoms with van der Waals surface area (Å²) >= 11 is 1.39. The number of nitriles is 1. The number of halogens is 1. The number of carbonyl (C=O) groups excluding carboxylic acids is 1. The fourth-order valence-electron chi connectivity index (χ4n) is 3.09. The summed E-state index contributed by atoms with van der Waals surface area (Å²) in [7, 11) is 1.57. The molecule has 7 nitrogen and oxygen atoms in total. The minimum absolute atomic E-state index is 0.0561. The fraction of sp³-hybridized carbons (Fsp3) is 0.526. The molecule has 152 valence electrons. The van der Waals surface area contributed by atoms with E-state index in [1.165, 1.54) is 11.8 Å². The highest BCUT2D eigenvalue weighted by Gasteiger charge is 2.44. The summed E-state index contributed by atoms with van der Waals surface area (Å²) in [6, 6.07) is 7.36. The Bertz CT molecular complexity index is 768. The normalized spacial score (nSPS) is 20.3. The third-order valence-electron chi connectivity index (χ3n) is 4.64. The topological polar surface area (TPSA) is 103 Å². The van der Waals surface area contributed by atoms with Gasteiger partial charge in [0.2, 0.25) is 5.91 Å². The summed E-state index contributed by atoms with van der Waals surface area (Å²) in [5.74, 6) is 0.634. The maximum absolute atomic E-state index is 13.7. The molecule has 0 bridgehead atoms. The Labute approximate surface area is 167 Å². The molecule has 1 aliphatic heterocycles. The van der Waals surface area contributed by atoms with Crippen molar-refractivity contribution in [3.8, 4) is 11.8 Å². The molecule has 0 saturated carbocycles. The minimum Gasteiger partial charge on any atom is -0.497 e. The van der Waals surface area contributed by atoms with Crippen molar-refractivity contribution in [3.63, 3.8) is 0 Å². The molecule has 2 amide bonds. The first-order valence-electron chi connectivity index (χ1n) is 8.78. The maximum atomic E-state index is 13.7. The zero-order chi connectivity index (χ0) is 20.9. The highest BCUT2D eigenvalue weighted by Crippen LogP contribution is 2.34. The van der Waals surface area contributed by atoms with E-state index >= 15 is 0 Å². The van der Waals surface area contributed by atoms with Crippen LogP contribution in [-0.4, -0.2) is 58.7 Å². The van der Waals surface area contributed by atoms with E-state index in [9.17, 15) is 24.3 Å². The molecule has 2 rings (SSSR count). The number of hydrogen-bond acceptors (Lipinski definition) is 5. The average Bonchev–Trinajstić information content (AvgIpc) is 3.05. The lowest BCUT2D eigenvalue weighted by atomic mass is 10.0. The summed E-state index contributed by atoms with van der Waals surface area (Å²) < 4.78 is 18.1. The average molecular weight is 409 g/mol. The molecule has 0 unspecified atom stereocenters. The largest absolute Gasteiger partial charge is 0.497 e. The first-order chi connectivity index (χ1) is 13.2. The molecule has 2 N–H and O–H groups in total. The summed E-state index contributed by atoms with van der Waals surface area (Å²) in [6.45, 7) is 3.30. The van der Waals surface area contributed by atoms with Gasteiger partial charge in [-0.25, -0.2) is 9.18 Å². The second-order valence-corrected chi connectivity index (χ2v) is 8.72. The number of nitrogens with one attached hydrogen (secondary N) is 1. The quantitative estimate of drug-likeness (QED) is 0.718. The van der Waals surface area contributed by atoms with Gasteiger partial charge in [-0.1, -0.05) is 12.1 Å². The minimum atomic E-state index is -1.35. The van der Waals surface area contributed by atoms with Gasteiger partial charge in [-0.15, -0.1) is 11.8 Å². The summed E-state index contributed by atoms with van der Waals surface area (Å²) in [6.07, 6.45) is -2.69. The number of carbonyl (C=O) groups is 2. The van der Waals surface area contributed by atoms with Crippen molar-refractivity contribution in [1.29, 1.82) is 5.26 Å². The summed E-state index contributed by atoms with van der Waals surface area (Å²) in [5, 5.41) is 20.7. The van der Waals surface area contributed by atoms with Crippen LogP contribution >= 0.6 is 11.8 Å². The van der Waals surface area contributed by atoms with Gasteiger partial charge in [-0.3, -0.25) is 4.79 Å². The Balaban J connectivity index is 2.18. The van der Waals surface area contributed by atoms with E-state index in [2.05, 4.69) is 5.32 Å². The van der Waals surface area contributed by atoms with Crippen molar-refractivity contribution < 1.29 is 23.8 Å². The smallest absolute Gasteiger partial charge is 0.405 e.